The maximum Gasteiger partial charge on any atom is 0.185 e. The Morgan fingerprint density at radius 1 is 1.00 bits per heavy atom. The van der Waals surface area contributed by atoms with Crippen LogP contribution in [0.25, 0.3) is 0 Å². The van der Waals surface area contributed by atoms with Gasteiger partial charge in [-0.25, -0.2) is 8.42 Å². The van der Waals surface area contributed by atoms with Crippen LogP contribution >= 0.6 is 0 Å². The van der Waals surface area contributed by atoms with Crippen molar-refractivity contribution in [2.24, 2.45) is 0 Å². The molecule has 2 rings (SSSR count). The van der Waals surface area contributed by atoms with Crippen molar-refractivity contribution >= 4 is 15.6 Å². The number of carbonyl (C=O) groups is 1. The van der Waals surface area contributed by atoms with Crippen molar-refractivity contribution in [3.05, 3.63) is 54.1 Å². The number of phenolic OH excluding ortho intramolecular Hbond substituents is 2. The number of Topliss-reactive ketones (excluding diaryl/α,β-unsaturated/α-hetero) is 1. The zero-order valence-corrected chi connectivity index (χ0v) is 11.2. The van der Waals surface area contributed by atoms with E-state index >= 15 is 0 Å². The van der Waals surface area contributed by atoms with Crippen molar-refractivity contribution < 1.29 is 23.4 Å². The van der Waals surface area contributed by atoms with Gasteiger partial charge in [0.25, 0.3) is 0 Å². The molecule has 0 heterocycles. The lowest BCUT2D eigenvalue weighted by atomic mass is 10.1. The average molecular weight is 292 g/mol. The summed E-state index contributed by atoms with van der Waals surface area (Å²) in [5.41, 5.74) is -0.137. The molecule has 0 aliphatic rings. The Balaban J connectivity index is 2.28. The van der Waals surface area contributed by atoms with Crippen LogP contribution in [0.5, 0.6) is 11.5 Å². The van der Waals surface area contributed by atoms with Gasteiger partial charge in [-0.1, -0.05) is 18.2 Å². The third-order valence-electron chi connectivity index (χ3n) is 2.71. The normalized spacial score (nSPS) is 11.2. The van der Waals surface area contributed by atoms with Crippen molar-refractivity contribution in [3.63, 3.8) is 0 Å². The summed E-state index contributed by atoms with van der Waals surface area (Å²) < 4.78 is 24.1. The second kappa shape index (κ2) is 5.34. The van der Waals surface area contributed by atoms with Crippen molar-refractivity contribution in [1.82, 2.24) is 0 Å². The molecule has 0 aromatic heterocycles. The molecule has 104 valence electrons. The fraction of sp³-hybridized carbons (Fsp3) is 0.0714. The Kier molecular flexibility index (Phi) is 3.76. The van der Waals surface area contributed by atoms with E-state index in [1.54, 1.807) is 18.2 Å². The molecule has 0 amide bonds. The lowest BCUT2D eigenvalue weighted by molar-refractivity contribution is 0.101. The number of sulfone groups is 1. The fourth-order valence-electron chi connectivity index (χ4n) is 1.72. The van der Waals surface area contributed by atoms with Crippen molar-refractivity contribution in [1.29, 1.82) is 0 Å². The van der Waals surface area contributed by atoms with Gasteiger partial charge in [0.05, 0.1) is 10.5 Å². The molecule has 2 aromatic carbocycles. The number of carbonyl (C=O) groups excluding carboxylic acids is 1. The van der Waals surface area contributed by atoms with Crippen LogP contribution in [-0.4, -0.2) is 30.2 Å². The second-order valence-corrected chi connectivity index (χ2v) is 6.19. The van der Waals surface area contributed by atoms with E-state index in [9.17, 15) is 18.3 Å². The number of hydrogen-bond acceptors (Lipinski definition) is 5. The minimum absolute atomic E-state index is 0.0478. The van der Waals surface area contributed by atoms with Crippen LogP contribution in [0.4, 0.5) is 0 Å². The Morgan fingerprint density at radius 2 is 1.65 bits per heavy atom. The topological polar surface area (TPSA) is 91.7 Å². The van der Waals surface area contributed by atoms with Crippen molar-refractivity contribution in [3.8, 4) is 11.5 Å². The van der Waals surface area contributed by atoms with Gasteiger partial charge in [0.2, 0.25) is 0 Å². The van der Waals surface area contributed by atoms with Crippen LogP contribution < -0.4 is 0 Å². The summed E-state index contributed by atoms with van der Waals surface area (Å²) >= 11 is 0. The van der Waals surface area contributed by atoms with Gasteiger partial charge >= 0.3 is 0 Å². The predicted octanol–water partition coefficient (Wildman–Crippen LogP) is 1.75. The average Bonchev–Trinajstić information content (AvgIpc) is 2.39. The van der Waals surface area contributed by atoms with Crippen LogP contribution in [0.1, 0.15) is 10.4 Å². The molecule has 0 fully saturated rings. The first-order chi connectivity index (χ1) is 9.40. The minimum atomic E-state index is -3.76. The van der Waals surface area contributed by atoms with Gasteiger partial charge in [-0.3, -0.25) is 4.79 Å². The molecule has 0 aliphatic heterocycles. The molecule has 2 aromatic rings. The Morgan fingerprint density at radius 3 is 2.25 bits per heavy atom. The van der Waals surface area contributed by atoms with E-state index in [4.69, 9.17) is 5.11 Å². The standard InChI is InChI=1S/C14H12O5S/c15-10-6-7-12(13(16)8-10)14(17)9-20(18,19)11-4-2-1-3-5-11/h1-8,15-16H,9H2. The summed E-state index contributed by atoms with van der Waals surface area (Å²) in [4.78, 5) is 12.0. The summed E-state index contributed by atoms with van der Waals surface area (Å²) in [6.07, 6.45) is 0. The molecule has 20 heavy (non-hydrogen) atoms. The molecule has 5 nitrogen and oxygen atoms in total. The fourth-order valence-corrected chi connectivity index (χ4v) is 2.96. The first-order valence-electron chi connectivity index (χ1n) is 5.73. The molecule has 0 saturated carbocycles. The van der Waals surface area contributed by atoms with Crippen LogP contribution in [0, 0.1) is 0 Å². The summed E-state index contributed by atoms with van der Waals surface area (Å²) in [5, 5.41) is 18.7. The van der Waals surface area contributed by atoms with Gasteiger partial charge in [-0.05, 0) is 24.3 Å². The molecule has 6 heteroatoms. The third kappa shape index (κ3) is 2.97. The second-order valence-electron chi connectivity index (χ2n) is 4.20. The molecule has 0 bridgehead atoms. The molecule has 0 saturated heterocycles. The molecule has 0 spiro atoms. The van der Waals surface area contributed by atoms with Gasteiger partial charge in [-0.2, -0.15) is 0 Å². The van der Waals surface area contributed by atoms with Gasteiger partial charge in [0.15, 0.2) is 15.6 Å². The molecule has 0 radical (unpaired) electrons. The number of ketones is 1. The number of rotatable bonds is 4. The molecule has 0 aliphatic carbocycles. The van der Waals surface area contributed by atoms with Crippen LogP contribution in [0.3, 0.4) is 0 Å². The highest BCUT2D eigenvalue weighted by atomic mass is 32.2. The van der Waals surface area contributed by atoms with Crippen LogP contribution in [-0.2, 0) is 9.84 Å². The molecular weight excluding hydrogens is 280 g/mol. The van der Waals surface area contributed by atoms with Gasteiger partial charge in [-0.15, -0.1) is 0 Å². The van der Waals surface area contributed by atoms with E-state index in [0.29, 0.717) is 0 Å². The first-order valence-corrected chi connectivity index (χ1v) is 7.38. The van der Waals surface area contributed by atoms with E-state index < -0.39 is 27.1 Å². The van der Waals surface area contributed by atoms with Gasteiger partial charge in [0, 0.05) is 6.07 Å². The molecule has 0 atom stereocenters. The van der Waals surface area contributed by atoms with Gasteiger partial charge in [0.1, 0.15) is 17.3 Å². The van der Waals surface area contributed by atoms with Crippen LogP contribution in [0.15, 0.2) is 53.4 Å². The lowest BCUT2D eigenvalue weighted by Gasteiger charge is -2.06. The van der Waals surface area contributed by atoms with E-state index in [-0.39, 0.29) is 16.2 Å². The van der Waals surface area contributed by atoms with Crippen LogP contribution in [0.2, 0.25) is 0 Å². The van der Waals surface area contributed by atoms with Crippen molar-refractivity contribution in [2.45, 2.75) is 4.90 Å². The zero-order chi connectivity index (χ0) is 14.8. The third-order valence-corrected chi connectivity index (χ3v) is 4.34. The molecular formula is C14H12O5S. The lowest BCUT2D eigenvalue weighted by Crippen LogP contribution is -2.16. The number of hydrogen-bond donors (Lipinski definition) is 2. The summed E-state index contributed by atoms with van der Waals surface area (Å²) in [7, 11) is -3.76. The monoisotopic (exact) mass is 292 g/mol. The van der Waals surface area contributed by atoms with E-state index in [0.717, 1.165) is 6.07 Å². The number of aromatic hydroxyl groups is 2. The van der Waals surface area contributed by atoms with E-state index in [2.05, 4.69) is 0 Å². The maximum absolute atomic E-state index is 12.0. The number of phenols is 2. The maximum atomic E-state index is 12.0. The summed E-state index contributed by atoms with van der Waals surface area (Å²) in [5.74, 6) is -2.12. The highest BCUT2D eigenvalue weighted by Crippen LogP contribution is 2.24. The molecule has 0 unspecified atom stereocenters. The molecule has 2 N–H and O–H groups in total. The van der Waals surface area contributed by atoms with E-state index in [1.165, 1.54) is 24.3 Å². The highest BCUT2D eigenvalue weighted by Gasteiger charge is 2.22. The SMILES string of the molecule is O=C(CS(=O)(=O)c1ccccc1)c1ccc(O)cc1O. The Hall–Kier alpha value is -2.34. The van der Waals surface area contributed by atoms with E-state index in [1.807, 2.05) is 0 Å². The highest BCUT2D eigenvalue weighted by molar-refractivity contribution is 7.92. The number of benzene rings is 2. The Bertz CT molecular complexity index is 735. The largest absolute Gasteiger partial charge is 0.508 e. The zero-order valence-electron chi connectivity index (χ0n) is 10.4. The summed E-state index contributed by atoms with van der Waals surface area (Å²) in [6, 6.07) is 11.0. The first kappa shape index (κ1) is 14.1. The van der Waals surface area contributed by atoms with Crippen molar-refractivity contribution in [2.75, 3.05) is 5.75 Å². The quantitative estimate of drug-likeness (QED) is 0.838. The Labute approximate surface area is 116 Å². The minimum Gasteiger partial charge on any atom is -0.508 e. The van der Waals surface area contributed by atoms with Gasteiger partial charge < -0.3 is 10.2 Å². The smallest absolute Gasteiger partial charge is 0.185 e. The summed E-state index contributed by atoms with van der Waals surface area (Å²) in [6.45, 7) is 0. The predicted molar refractivity (Wildman–Crippen MR) is 72.6 cm³/mol.